The van der Waals surface area contributed by atoms with Gasteiger partial charge < -0.3 is 14.8 Å². The highest BCUT2D eigenvalue weighted by Gasteiger charge is 2.25. The first-order chi connectivity index (χ1) is 10.0. The molecule has 0 spiro atoms. The summed E-state index contributed by atoms with van der Waals surface area (Å²) in [4.78, 5) is 10.4. The second kappa shape index (κ2) is 6.76. The van der Waals surface area contributed by atoms with Crippen LogP contribution in [0.4, 0.5) is 11.4 Å². The number of ether oxygens (including phenoxy) is 2. The Morgan fingerprint density at radius 1 is 1.48 bits per heavy atom. The van der Waals surface area contributed by atoms with Gasteiger partial charge in [-0.1, -0.05) is 13.8 Å². The number of hydrogen-bond donors (Lipinski definition) is 1. The summed E-state index contributed by atoms with van der Waals surface area (Å²) in [7, 11) is 1.52. The molecule has 1 saturated heterocycles. The van der Waals surface area contributed by atoms with E-state index in [1.165, 1.54) is 19.2 Å². The van der Waals surface area contributed by atoms with Gasteiger partial charge in [0, 0.05) is 18.7 Å². The zero-order valence-corrected chi connectivity index (χ0v) is 12.7. The van der Waals surface area contributed by atoms with Crippen LogP contribution < -0.4 is 10.1 Å². The number of anilines is 1. The van der Waals surface area contributed by atoms with Gasteiger partial charge in [-0.15, -0.1) is 0 Å². The van der Waals surface area contributed by atoms with Gasteiger partial charge in [0.2, 0.25) is 0 Å². The monoisotopic (exact) mass is 294 g/mol. The van der Waals surface area contributed by atoms with E-state index in [0.717, 1.165) is 25.1 Å². The summed E-state index contributed by atoms with van der Waals surface area (Å²) in [6, 6.07) is 4.93. The fourth-order valence-electron chi connectivity index (χ4n) is 2.56. The molecule has 0 radical (unpaired) electrons. The average molecular weight is 294 g/mol. The summed E-state index contributed by atoms with van der Waals surface area (Å²) < 4.78 is 11.0. The van der Waals surface area contributed by atoms with Gasteiger partial charge in [0.15, 0.2) is 0 Å². The molecule has 1 N–H and O–H groups in total. The summed E-state index contributed by atoms with van der Waals surface area (Å²) in [6.45, 7) is 5.04. The smallest absolute Gasteiger partial charge is 0.273 e. The molecule has 2 unspecified atom stereocenters. The minimum absolute atomic E-state index is 0.0319. The molecule has 0 saturated carbocycles. The first-order valence-electron chi connectivity index (χ1n) is 7.21. The van der Waals surface area contributed by atoms with Gasteiger partial charge in [0.1, 0.15) is 5.75 Å². The van der Waals surface area contributed by atoms with Crippen LogP contribution in [0.2, 0.25) is 0 Å². The number of methoxy groups -OCH3 is 1. The molecular weight excluding hydrogens is 272 g/mol. The SMILES string of the molecule is COc1cc([N+](=O)[O-])ccc1NC1CCOC(C(C)C)C1. The second-order valence-corrected chi connectivity index (χ2v) is 5.66. The average Bonchev–Trinajstić information content (AvgIpc) is 2.47. The van der Waals surface area contributed by atoms with E-state index in [0.29, 0.717) is 17.7 Å². The standard InChI is InChI=1S/C15H22N2O4/c1-10(2)14-8-11(6-7-21-14)16-13-5-4-12(17(18)19)9-15(13)20-3/h4-5,9-11,14,16H,6-8H2,1-3H3. The quantitative estimate of drug-likeness (QED) is 0.666. The molecule has 6 nitrogen and oxygen atoms in total. The molecule has 2 rings (SSSR count). The van der Waals surface area contributed by atoms with Crippen molar-refractivity contribution in [3.8, 4) is 5.75 Å². The Morgan fingerprint density at radius 3 is 2.86 bits per heavy atom. The Morgan fingerprint density at radius 2 is 2.24 bits per heavy atom. The Hall–Kier alpha value is -1.82. The molecule has 1 aliphatic rings. The third-order valence-corrected chi connectivity index (χ3v) is 3.81. The predicted octanol–water partition coefficient (Wildman–Crippen LogP) is 3.22. The maximum absolute atomic E-state index is 10.8. The number of nitrogens with one attached hydrogen (secondary N) is 1. The van der Waals surface area contributed by atoms with Gasteiger partial charge in [0.25, 0.3) is 5.69 Å². The number of nitrogens with zero attached hydrogens (tertiary/aromatic N) is 1. The minimum Gasteiger partial charge on any atom is -0.494 e. The van der Waals surface area contributed by atoms with Crippen molar-refractivity contribution in [1.82, 2.24) is 0 Å². The first-order valence-corrected chi connectivity index (χ1v) is 7.21. The molecule has 0 bridgehead atoms. The summed E-state index contributed by atoms with van der Waals surface area (Å²) in [5.74, 6) is 0.977. The Labute approximate surface area is 124 Å². The third-order valence-electron chi connectivity index (χ3n) is 3.81. The second-order valence-electron chi connectivity index (χ2n) is 5.66. The van der Waals surface area contributed by atoms with E-state index in [-0.39, 0.29) is 11.8 Å². The van der Waals surface area contributed by atoms with Crippen LogP contribution in [0.15, 0.2) is 18.2 Å². The largest absolute Gasteiger partial charge is 0.494 e. The number of hydrogen-bond acceptors (Lipinski definition) is 5. The lowest BCUT2D eigenvalue weighted by molar-refractivity contribution is -0.384. The molecule has 1 aromatic rings. The molecule has 0 aromatic heterocycles. The van der Waals surface area contributed by atoms with E-state index in [1.54, 1.807) is 6.07 Å². The predicted molar refractivity (Wildman–Crippen MR) is 80.9 cm³/mol. The summed E-state index contributed by atoms with van der Waals surface area (Å²) in [5, 5.41) is 14.2. The third kappa shape index (κ3) is 3.85. The van der Waals surface area contributed by atoms with E-state index < -0.39 is 4.92 Å². The van der Waals surface area contributed by atoms with Crippen LogP contribution in [0.3, 0.4) is 0 Å². The molecule has 116 valence electrons. The highest BCUT2D eigenvalue weighted by atomic mass is 16.6. The van der Waals surface area contributed by atoms with Gasteiger partial charge in [-0.3, -0.25) is 10.1 Å². The lowest BCUT2D eigenvalue weighted by Crippen LogP contribution is -2.36. The van der Waals surface area contributed by atoms with E-state index in [2.05, 4.69) is 19.2 Å². The van der Waals surface area contributed by atoms with Crippen LogP contribution >= 0.6 is 0 Å². The fourth-order valence-corrected chi connectivity index (χ4v) is 2.56. The van der Waals surface area contributed by atoms with Crippen molar-refractivity contribution in [2.24, 2.45) is 5.92 Å². The summed E-state index contributed by atoms with van der Waals surface area (Å²) in [5.41, 5.74) is 0.821. The molecule has 1 aliphatic heterocycles. The van der Waals surface area contributed by atoms with Crippen LogP contribution in [0.5, 0.6) is 5.75 Å². The molecule has 1 aromatic carbocycles. The number of nitro benzene ring substituents is 1. The zero-order valence-electron chi connectivity index (χ0n) is 12.7. The van der Waals surface area contributed by atoms with Gasteiger partial charge in [0.05, 0.1) is 29.9 Å². The Balaban J connectivity index is 2.10. The van der Waals surface area contributed by atoms with Gasteiger partial charge in [-0.05, 0) is 24.8 Å². The molecule has 1 fully saturated rings. The molecule has 1 heterocycles. The van der Waals surface area contributed by atoms with Crippen LogP contribution in [0, 0.1) is 16.0 Å². The molecule has 6 heteroatoms. The molecule has 21 heavy (non-hydrogen) atoms. The van der Waals surface area contributed by atoms with Crippen molar-refractivity contribution in [2.45, 2.75) is 38.8 Å². The van der Waals surface area contributed by atoms with E-state index in [9.17, 15) is 10.1 Å². The lowest BCUT2D eigenvalue weighted by Gasteiger charge is -2.33. The Kier molecular flexibility index (Phi) is 5.01. The van der Waals surface area contributed by atoms with Crippen molar-refractivity contribution in [2.75, 3.05) is 19.0 Å². The van der Waals surface area contributed by atoms with Crippen molar-refractivity contribution < 1.29 is 14.4 Å². The van der Waals surface area contributed by atoms with E-state index in [4.69, 9.17) is 9.47 Å². The number of nitro groups is 1. The molecule has 0 amide bonds. The van der Waals surface area contributed by atoms with Crippen molar-refractivity contribution >= 4 is 11.4 Å². The van der Waals surface area contributed by atoms with Crippen molar-refractivity contribution in [3.05, 3.63) is 28.3 Å². The summed E-state index contributed by atoms with van der Waals surface area (Å²) >= 11 is 0. The molecule has 0 aliphatic carbocycles. The highest BCUT2D eigenvalue weighted by molar-refractivity contribution is 5.61. The summed E-state index contributed by atoms with van der Waals surface area (Å²) in [6.07, 6.45) is 2.10. The number of non-ortho nitro benzene ring substituents is 1. The molecule has 2 atom stereocenters. The maximum atomic E-state index is 10.8. The van der Waals surface area contributed by atoms with Gasteiger partial charge in [-0.2, -0.15) is 0 Å². The van der Waals surface area contributed by atoms with Gasteiger partial charge >= 0.3 is 0 Å². The van der Waals surface area contributed by atoms with Crippen molar-refractivity contribution in [1.29, 1.82) is 0 Å². The zero-order chi connectivity index (χ0) is 15.4. The van der Waals surface area contributed by atoms with Crippen LogP contribution in [0.25, 0.3) is 0 Å². The fraction of sp³-hybridized carbons (Fsp3) is 0.600. The van der Waals surface area contributed by atoms with E-state index >= 15 is 0 Å². The minimum atomic E-state index is -0.421. The normalized spacial score (nSPS) is 22.1. The van der Waals surface area contributed by atoms with Crippen LogP contribution in [-0.2, 0) is 4.74 Å². The molecular formula is C15H22N2O4. The van der Waals surface area contributed by atoms with Crippen LogP contribution in [-0.4, -0.2) is 30.8 Å². The number of benzene rings is 1. The maximum Gasteiger partial charge on any atom is 0.273 e. The first kappa shape index (κ1) is 15.6. The number of rotatable bonds is 5. The van der Waals surface area contributed by atoms with Crippen molar-refractivity contribution in [3.63, 3.8) is 0 Å². The van der Waals surface area contributed by atoms with E-state index in [1.807, 2.05) is 0 Å². The highest BCUT2D eigenvalue weighted by Crippen LogP contribution is 2.31. The Bertz CT molecular complexity index is 504. The lowest BCUT2D eigenvalue weighted by atomic mass is 9.95. The van der Waals surface area contributed by atoms with Crippen LogP contribution in [0.1, 0.15) is 26.7 Å². The van der Waals surface area contributed by atoms with Gasteiger partial charge in [-0.25, -0.2) is 0 Å². The topological polar surface area (TPSA) is 73.6 Å².